The number of rotatable bonds is 12. The summed E-state index contributed by atoms with van der Waals surface area (Å²) in [5.74, 6) is -1.33. The van der Waals surface area contributed by atoms with Gasteiger partial charge in [0.25, 0.3) is 5.91 Å². The lowest BCUT2D eigenvalue weighted by Gasteiger charge is -2.18. The van der Waals surface area contributed by atoms with Gasteiger partial charge in [-0.3, -0.25) is 14.4 Å². The number of ether oxygens (including phenoxy) is 1. The number of hydrogen-bond donors (Lipinski definition) is 2. The topological polar surface area (TPSA) is 119 Å². The van der Waals surface area contributed by atoms with Crippen molar-refractivity contribution in [2.45, 2.75) is 45.3 Å². The third-order valence-corrected chi connectivity index (χ3v) is 6.75. The number of aliphatic hydroxyl groups is 1. The van der Waals surface area contributed by atoms with Crippen molar-refractivity contribution in [3.63, 3.8) is 0 Å². The molecule has 0 aliphatic carbocycles. The van der Waals surface area contributed by atoms with E-state index in [2.05, 4.69) is 15.4 Å². The Balaban J connectivity index is 1.58. The van der Waals surface area contributed by atoms with Gasteiger partial charge in [0.2, 0.25) is 5.95 Å². The van der Waals surface area contributed by atoms with Gasteiger partial charge in [0.1, 0.15) is 11.9 Å². The number of para-hydroxylation sites is 1. The molecule has 40 heavy (non-hydrogen) atoms. The Morgan fingerprint density at radius 2 is 2.00 bits per heavy atom. The van der Waals surface area contributed by atoms with Crippen molar-refractivity contribution in [1.82, 2.24) is 25.1 Å². The second-order valence-electron chi connectivity index (χ2n) is 10.7. The molecule has 214 valence electrons. The van der Waals surface area contributed by atoms with Gasteiger partial charge in [-0.05, 0) is 50.6 Å². The number of ketones is 1. The number of aromatic nitrogens is 3. The van der Waals surface area contributed by atoms with E-state index in [4.69, 9.17) is 9.57 Å². The molecule has 4 rings (SSSR count). The first-order chi connectivity index (χ1) is 19.1. The number of Topliss-reactive ketones (excluding diaryl/α,β-unsaturated/α-hetero) is 1. The molecule has 0 bridgehead atoms. The number of carbonyl (C=O) groups excluding carboxylic acids is 2. The van der Waals surface area contributed by atoms with Gasteiger partial charge in [-0.15, -0.1) is 0 Å². The summed E-state index contributed by atoms with van der Waals surface area (Å²) in [7, 11) is 1.60. The van der Waals surface area contributed by atoms with E-state index in [1.807, 2.05) is 30.3 Å². The number of carbonyl (C=O) groups is 2. The summed E-state index contributed by atoms with van der Waals surface area (Å²) >= 11 is 0. The average Bonchev–Trinajstić information content (AvgIpc) is 3.46. The van der Waals surface area contributed by atoms with Crippen LogP contribution in [0.25, 0.3) is 5.69 Å². The monoisotopic (exact) mass is 553 g/mol. The lowest BCUT2D eigenvalue weighted by atomic mass is 9.91. The number of halogens is 1. The fourth-order valence-electron chi connectivity index (χ4n) is 4.75. The SMILES string of the molecule is COCCN1C[C@@H](CC(=O)Cc2c(C)c(C(=O)NCC(C)(C)O)nn2-c2ccccc2)[C@H](c2ccnc(F)c2)O1. The van der Waals surface area contributed by atoms with Crippen LogP contribution in [-0.4, -0.2) is 75.6 Å². The van der Waals surface area contributed by atoms with Gasteiger partial charge in [0.05, 0.1) is 23.6 Å². The summed E-state index contributed by atoms with van der Waals surface area (Å²) in [6, 6.07) is 12.3. The second kappa shape index (κ2) is 12.8. The van der Waals surface area contributed by atoms with Crippen LogP contribution in [0.5, 0.6) is 0 Å². The van der Waals surface area contributed by atoms with Crippen LogP contribution < -0.4 is 5.32 Å². The van der Waals surface area contributed by atoms with Crippen molar-refractivity contribution < 1.29 is 28.7 Å². The van der Waals surface area contributed by atoms with Gasteiger partial charge in [0, 0.05) is 57.3 Å². The van der Waals surface area contributed by atoms with E-state index in [1.165, 1.54) is 12.3 Å². The molecule has 1 fully saturated rings. The van der Waals surface area contributed by atoms with Crippen molar-refractivity contribution in [2.75, 3.05) is 33.4 Å². The molecule has 0 radical (unpaired) electrons. The minimum atomic E-state index is -1.08. The summed E-state index contributed by atoms with van der Waals surface area (Å²) in [6.07, 6.45) is 1.09. The smallest absolute Gasteiger partial charge is 0.272 e. The highest BCUT2D eigenvalue weighted by Gasteiger charge is 2.37. The Labute approximate surface area is 233 Å². The molecule has 1 aromatic carbocycles. The normalized spacial score (nSPS) is 17.8. The number of nitrogens with one attached hydrogen (secondary N) is 1. The zero-order chi connectivity index (χ0) is 28.9. The molecule has 11 heteroatoms. The van der Waals surface area contributed by atoms with E-state index in [0.717, 1.165) is 5.69 Å². The molecule has 1 aliphatic heterocycles. The van der Waals surface area contributed by atoms with Crippen LogP contribution >= 0.6 is 0 Å². The number of nitrogens with zero attached hydrogens (tertiary/aromatic N) is 4. The molecular formula is C29H36FN5O5. The van der Waals surface area contributed by atoms with Crippen LogP contribution in [0.3, 0.4) is 0 Å². The van der Waals surface area contributed by atoms with Gasteiger partial charge >= 0.3 is 0 Å². The van der Waals surface area contributed by atoms with Crippen LogP contribution in [-0.2, 0) is 20.8 Å². The fraction of sp³-hybridized carbons (Fsp3) is 0.448. The summed E-state index contributed by atoms with van der Waals surface area (Å²) in [4.78, 5) is 36.2. The molecule has 1 amide bonds. The van der Waals surface area contributed by atoms with Gasteiger partial charge in [-0.25, -0.2) is 9.67 Å². The number of hydroxylamine groups is 2. The van der Waals surface area contributed by atoms with E-state index in [-0.39, 0.29) is 36.8 Å². The molecule has 2 atom stereocenters. The summed E-state index contributed by atoms with van der Waals surface area (Å²) in [5.41, 5.74) is 1.63. The van der Waals surface area contributed by atoms with E-state index < -0.39 is 23.6 Å². The molecular weight excluding hydrogens is 517 g/mol. The summed E-state index contributed by atoms with van der Waals surface area (Å²) in [6.45, 7) is 6.45. The number of methoxy groups -OCH3 is 1. The average molecular weight is 554 g/mol. The Morgan fingerprint density at radius 1 is 1.25 bits per heavy atom. The molecule has 2 aromatic heterocycles. The number of amides is 1. The van der Waals surface area contributed by atoms with Gasteiger partial charge in [0.15, 0.2) is 5.69 Å². The van der Waals surface area contributed by atoms with Gasteiger partial charge in [-0.1, -0.05) is 18.2 Å². The van der Waals surface area contributed by atoms with E-state index in [1.54, 1.807) is 43.7 Å². The quantitative estimate of drug-likeness (QED) is 0.329. The zero-order valence-electron chi connectivity index (χ0n) is 23.3. The molecule has 1 saturated heterocycles. The van der Waals surface area contributed by atoms with Crippen LogP contribution in [0.2, 0.25) is 0 Å². The summed E-state index contributed by atoms with van der Waals surface area (Å²) < 4.78 is 20.7. The maximum Gasteiger partial charge on any atom is 0.272 e. The highest BCUT2D eigenvalue weighted by atomic mass is 19.1. The maximum absolute atomic E-state index is 13.9. The lowest BCUT2D eigenvalue weighted by molar-refractivity contribution is -0.155. The van der Waals surface area contributed by atoms with Crippen molar-refractivity contribution in [2.24, 2.45) is 5.92 Å². The molecule has 10 nitrogen and oxygen atoms in total. The Morgan fingerprint density at radius 3 is 2.67 bits per heavy atom. The van der Waals surface area contributed by atoms with Gasteiger partial charge in [-0.2, -0.15) is 14.6 Å². The number of pyridine rings is 1. The molecule has 3 aromatic rings. The number of benzene rings is 1. The highest BCUT2D eigenvalue weighted by molar-refractivity contribution is 5.94. The van der Waals surface area contributed by atoms with E-state index >= 15 is 0 Å². The van der Waals surface area contributed by atoms with Crippen LogP contribution in [0.15, 0.2) is 48.7 Å². The molecule has 0 saturated carbocycles. The van der Waals surface area contributed by atoms with Crippen molar-refractivity contribution in [3.8, 4) is 5.69 Å². The third-order valence-electron chi connectivity index (χ3n) is 6.75. The minimum Gasteiger partial charge on any atom is -0.389 e. The highest BCUT2D eigenvalue weighted by Crippen LogP contribution is 2.36. The van der Waals surface area contributed by atoms with Crippen molar-refractivity contribution in [1.29, 1.82) is 0 Å². The largest absolute Gasteiger partial charge is 0.389 e. The number of hydrogen-bond acceptors (Lipinski definition) is 8. The third kappa shape index (κ3) is 7.36. The molecule has 2 N–H and O–H groups in total. The Kier molecular flexibility index (Phi) is 9.41. The zero-order valence-corrected chi connectivity index (χ0v) is 23.3. The predicted molar refractivity (Wildman–Crippen MR) is 145 cm³/mol. The molecule has 0 unspecified atom stereocenters. The molecule has 0 spiro atoms. The van der Waals surface area contributed by atoms with E-state index in [0.29, 0.717) is 36.5 Å². The first-order valence-corrected chi connectivity index (χ1v) is 13.2. The lowest BCUT2D eigenvalue weighted by Crippen LogP contribution is -2.38. The first kappa shape index (κ1) is 29.5. The second-order valence-corrected chi connectivity index (χ2v) is 10.7. The van der Waals surface area contributed by atoms with Crippen LogP contribution in [0, 0.1) is 18.8 Å². The summed E-state index contributed by atoms with van der Waals surface area (Å²) in [5, 5.41) is 19.1. The first-order valence-electron chi connectivity index (χ1n) is 13.2. The van der Waals surface area contributed by atoms with Crippen molar-refractivity contribution >= 4 is 11.7 Å². The van der Waals surface area contributed by atoms with Crippen LogP contribution in [0.1, 0.15) is 53.7 Å². The Hall–Kier alpha value is -3.51. The molecule has 1 aliphatic rings. The van der Waals surface area contributed by atoms with Crippen LogP contribution in [0.4, 0.5) is 4.39 Å². The molecule has 3 heterocycles. The standard InChI is InChI=1S/C29H36FN5O5/c1-19-24(35(22-8-6-5-7-9-22)33-26(19)28(37)32-18-29(2,3)38)16-23(36)14-21-17-34(12-13-39-4)40-27(21)20-10-11-31-25(30)15-20/h5-11,15,21,27,38H,12-14,16-18H2,1-4H3,(H,32,37)/t21-,27+/m1/s1. The van der Waals surface area contributed by atoms with E-state index in [9.17, 15) is 19.1 Å². The fourth-order valence-corrected chi connectivity index (χ4v) is 4.75. The predicted octanol–water partition coefficient (Wildman–Crippen LogP) is 2.97. The van der Waals surface area contributed by atoms with Crippen molar-refractivity contribution in [3.05, 3.63) is 77.1 Å². The minimum absolute atomic E-state index is 0.0402. The maximum atomic E-state index is 13.9. The van der Waals surface area contributed by atoms with Gasteiger partial charge < -0.3 is 15.2 Å². The Bertz CT molecular complexity index is 1320.